The van der Waals surface area contributed by atoms with Crippen molar-refractivity contribution in [1.82, 2.24) is 0 Å². The van der Waals surface area contributed by atoms with Gasteiger partial charge in [0, 0.05) is 0 Å². The molecule has 5 aromatic rings. The highest BCUT2D eigenvalue weighted by atomic mass is 14.1. The Bertz CT molecular complexity index is 1260. The summed E-state index contributed by atoms with van der Waals surface area (Å²) < 4.78 is 0. The molecule has 0 saturated heterocycles. The Hall–Kier alpha value is -3.38. The molecule has 0 aromatic heterocycles. The summed E-state index contributed by atoms with van der Waals surface area (Å²) in [5, 5.41) is 5.21. The molecule has 0 heterocycles. The Morgan fingerprint density at radius 2 is 1.07 bits per heavy atom. The molecular weight excluding hydrogens is 324 g/mol. The van der Waals surface area contributed by atoms with Gasteiger partial charge < -0.3 is 0 Å². The van der Waals surface area contributed by atoms with Gasteiger partial charge in [0.25, 0.3) is 0 Å². The first kappa shape index (κ1) is 15.8. The molecule has 0 aliphatic heterocycles. The van der Waals surface area contributed by atoms with Gasteiger partial charge in [-0.1, -0.05) is 91.0 Å². The molecule has 0 amide bonds. The first-order valence-corrected chi connectivity index (χ1v) is 9.37. The molecule has 0 N–H and O–H groups in total. The Balaban J connectivity index is 1.67. The van der Waals surface area contributed by atoms with Crippen LogP contribution in [0.25, 0.3) is 43.8 Å². The molecule has 0 radical (unpaired) electrons. The largest absolute Gasteiger partial charge is 0.0622 e. The maximum Gasteiger partial charge on any atom is -0.0105 e. The second-order valence-corrected chi connectivity index (χ2v) is 7.18. The van der Waals surface area contributed by atoms with Crippen LogP contribution < -0.4 is 0 Å². The van der Waals surface area contributed by atoms with Gasteiger partial charge in [-0.15, -0.1) is 0 Å². The van der Waals surface area contributed by atoms with Gasteiger partial charge in [0.05, 0.1) is 0 Å². The highest BCUT2D eigenvalue weighted by Crippen LogP contribution is 2.32. The van der Waals surface area contributed by atoms with Crippen LogP contribution in [0.3, 0.4) is 0 Å². The topological polar surface area (TPSA) is 0 Å². The van der Waals surface area contributed by atoms with Crippen LogP contribution in [-0.4, -0.2) is 0 Å². The molecule has 0 aliphatic carbocycles. The molecule has 0 saturated carbocycles. The third kappa shape index (κ3) is 2.90. The second kappa shape index (κ2) is 6.41. The molecule has 0 aliphatic rings. The average molecular weight is 344 g/mol. The van der Waals surface area contributed by atoms with Crippen molar-refractivity contribution in [2.75, 3.05) is 0 Å². The molecule has 0 fully saturated rings. The Labute approximate surface area is 159 Å². The fraction of sp³-hybridized carbons (Fsp3) is 0.0370. The Morgan fingerprint density at radius 3 is 1.93 bits per heavy atom. The molecule has 0 atom stereocenters. The van der Waals surface area contributed by atoms with Crippen molar-refractivity contribution in [3.05, 3.63) is 109 Å². The van der Waals surface area contributed by atoms with Crippen LogP contribution in [0.2, 0.25) is 0 Å². The number of rotatable bonds is 2. The lowest BCUT2D eigenvalue weighted by molar-refractivity contribution is 1.46. The van der Waals surface area contributed by atoms with E-state index in [1.54, 1.807) is 0 Å². The van der Waals surface area contributed by atoms with E-state index in [0.29, 0.717) is 0 Å². The fourth-order valence-corrected chi connectivity index (χ4v) is 3.94. The van der Waals surface area contributed by atoms with E-state index in [1.807, 2.05) is 0 Å². The smallest absolute Gasteiger partial charge is 0.0105 e. The molecule has 27 heavy (non-hydrogen) atoms. The third-order valence-electron chi connectivity index (χ3n) is 5.26. The van der Waals surface area contributed by atoms with Gasteiger partial charge in [0.2, 0.25) is 0 Å². The number of hydrogen-bond acceptors (Lipinski definition) is 0. The molecule has 0 nitrogen and oxygen atoms in total. The van der Waals surface area contributed by atoms with Crippen LogP contribution in [0, 0.1) is 6.92 Å². The van der Waals surface area contributed by atoms with E-state index in [-0.39, 0.29) is 0 Å². The van der Waals surface area contributed by atoms with Crippen molar-refractivity contribution in [1.29, 1.82) is 0 Å². The van der Waals surface area contributed by atoms with E-state index in [4.69, 9.17) is 0 Å². The standard InChI is InChI=1S/C27H20/c1-19-15-24(20-7-3-2-4-8-20)18-25(16-19)22-13-14-27-23(17-22)12-11-21-9-5-6-10-26(21)27/h2-18H,1H3. The molecule has 0 bridgehead atoms. The van der Waals surface area contributed by atoms with Crippen LogP contribution >= 0.6 is 0 Å². The molecule has 5 aromatic carbocycles. The summed E-state index contributed by atoms with van der Waals surface area (Å²) in [5.74, 6) is 0. The molecule has 128 valence electrons. The SMILES string of the molecule is Cc1cc(-c2ccccc2)cc(-c2ccc3c(ccc4ccccc43)c2)c1. The summed E-state index contributed by atoms with van der Waals surface area (Å²) in [6, 6.07) is 37.3. The summed E-state index contributed by atoms with van der Waals surface area (Å²) in [4.78, 5) is 0. The summed E-state index contributed by atoms with van der Waals surface area (Å²) in [6.07, 6.45) is 0. The van der Waals surface area contributed by atoms with Gasteiger partial charge >= 0.3 is 0 Å². The maximum atomic E-state index is 2.31. The van der Waals surface area contributed by atoms with E-state index < -0.39 is 0 Å². The van der Waals surface area contributed by atoms with Crippen LogP contribution in [0.5, 0.6) is 0 Å². The average Bonchev–Trinajstić information content (AvgIpc) is 2.73. The lowest BCUT2D eigenvalue weighted by atomic mass is 9.94. The normalized spacial score (nSPS) is 11.1. The van der Waals surface area contributed by atoms with Gasteiger partial charge in [-0.05, 0) is 68.4 Å². The molecular formula is C27H20. The predicted molar refractivity (Wildman–Crippen MR) is 117 cm³/mol. The van der Waals surface area contributed by atoms with E-state index in [2.05, 4.69) is 110 Å². The molecule has 5 rings (SSSR count). The van der Waals surface area contributed by atoms with E-state index in [9.17, 15) is 0 Å². The first-order valence-electron chi connectivity index (χ1n) is 9.37. The fourth-order valence-electron chi connectivity index (χ4n) is 3.94. The van der Waals surface area contributed by atoms with Crippen molar-refractivity contribution < 1.29 is 0 Å². The van der Waals surface area contributed by atoms with Crippen LogP contribution in [0.1, 0.15) is 5.56 Å². The van der Waals surface area contributed by atoms with Crippen molar-refractivity contribution in [3.8, 4) is 22.3 Å². The van der Waals surface area contributed by atoms with Gasteiger partial charge in [-0.2, -0.15) is 0 Å². The highest BCUT2D eigenvalue weighted by Gasteiger charge is 2.06. The van der Waals surface area contributed by atoms with E-state index in [1.165, 1.54) is 49.4 Å². The zero-order valence-corrected chi connectivity index (χ0v) is 15.3. The second-order valence-electron chi connectivity index (χ2n) is 7.18. The summed E-state index contributed by atoms with van der Waals surface area (Å²) in [6.45, 7) is 2.17. The maximum absolute atomic E-state index is 2.31. The van der Waals surface area contributed by atoms with Crippen molar-refractivity contribution >= 4 is 21.5 Å². The monoisotopic (exact) mass is 344 g/mol. The number of aryl methyl sites for hydroxylation is 1. The van der Waals surface area contributed by atoms with Crippen molar-refractivity contribution in [2.24, 2.45) is 0 Å². The van der Waals surface area contributed by atoms with Crippen molar-refractivity contribution in [3.63, 3.8) is 0 Å². The minimum Gasteiger partial charge on any atom is -0.0622 e. The van der Waals surface area contributed by atoms with E-state index >= 15 is 0 Å². The first-order chi connectivity index (χ1) is 13.3. The van der Waals surface area contributed by atoms with E-state index in [0.717, 1.165) is 0 Å². The quantitative estimate of drug-likeness (QED) is 0.289. The number of hydrogen-bond donors (Lipinski definition) is 0. The highest BCUT2D eigenvalue weighted by molar-refractivity contribution is 6.08. The molecule has 0 unspecified atom stereocenters. The van der Waals surface area contributed by atoms with Crippen LogP contribution in [0.4, 0.5) is 0 Å². The molecule has 0 heteroatoms. The lowest BCUT2D eigenvalue weighted by Gasteiger charge is -2.10. The minimum absolute atomic E-state index is 1.26. The zero-order chi connectivity index (χ0) is 18.2. The summed E-state index contributed by atoms with van der Waals surface area (Å²) in [7, 11) is 0. The van der Waals surface area contributed by atoms with Gasteiger partial charge in [0.1, 0.15) is 0 Å². The molecule has 0 spiro atoms. The van der Waals surface area contributed by atoms with Gasteiger partial charge in [0.15, 0.2) is 0 Å². The predicted octanol–water partition coefficient (Wildman–Crippen LogP) is 7.64. The Kier molecular flexibility index (Phi) is 3.76. The van der Waals surface area contributed by atoms with Gasteiger partial charge in [-0.25, -0.2) is 0 Å². The summed E-state index contributed by atoms with van der Waals surface area (Å²) >= 11 is 0. The van der Waals surface area contributed by atoms with Crippen molar-refractivity contribution in [2.45, 2.75) is 6.92 Å². The third-order valence-corrected chi connectivity index (χ3v) is 5.26. The number of benzene rings is 5. The Morgan fingerprint density at radius 1 is 0.407 bits per heavy atom. The minimum atomic E-state index is 1.26. The van der Waals surface area contributed by atoms with Gasteiger partial charge in [-0.3, -0.25) is 0 Å². The number of fused-ring (bicyclic) bond motifs is 3. The lowest BCUT2D eigenvalue weighted by Crippen LogP contribution is -1.85. The van der Waals surface area contributed by atoms with Crippen LogP contribution in [0.15, 0.2) is 103 Å². The summed E-state index contributed by atoms with van der Waals surface area (Å²) in [5.41, 5.74) is 6.34. The zero-order valence-electron chi connectivity index (χ0n) is 15.3. The van der Waals surface area contributed by atoms with Crippen LogP contribution in [-0.2, 0) is 0 Å².